The van der Waals surface area contributed by atoms with Crippen LogP contribution in [0, 0.1) is 17.0 Å². The van der Waals surface area contributed by atoms with Gasteiger partial charge in [0, 0.05) is 44.2 Å². The van der Waals surface area contributed by atoms with Crippen LogP contribution in [0.15, 0.2) is 53.1 Å². The van der Waals surface area contributed by atoms with E-state index in [1.165, 1.54) is 11.6 Å². The summed E-state index contributed by atoms with van der Waals surface area (Å²) in [6, 6.07) is 14.4. The fourth-order valence-electron chi connectivity index (χ4n) is 3.92. The van der Waals surface area contributed by atoms with Gasteiger partial charge in [0.2, 0.25) is 17.6 Å². The average Bonchev–Trinajstić information content (AvgIpc) is 3.32. The molecule has 10 nitrogen and oxygen atoms in total. The van der Waals surface area contributed by atoms with E-state index in [1.807, 2.05) is 31.2 Å². The summed E-state index contributed by atoms with van der Waals surface area (Å²) in [5, 5.41) is 18.1. The fraction of sp³-hybridized carbons (Fsp3) is 0.375. The summed E-state index contributed by atoms with van der Waals surface area (Å²) < 4.78 is 5.39. The Kier molecular flexibility index (Phi) is 7.48. The highest BCUT2D eigenvalue weighted by atomic mass is 16.6. The second-order valence-electron chi connectivity index (χ2n) is 8.33. The van der Waals surface area contributed by atoms with Crippen molar-refractivity contribution in [2.75, 3.05) is 44.6 Å². The number of hydrogen-bond donors (Lipinski definition) is 1. The topological polar surface area (TPSA) is 118 Å². The van der Waals surface area contributed by atoms with E-state index in [0.29, 0.717) is 36.9 Å². The zero-order valence-corrected chi connectivity index (χ0v) is 19.1. The maximum absolute atomic E-state index is 12.5. The van der Waals surface area contributed by atoms with E-state index in [9.17, 15) is 14.9 Å². The van der Waals surface area contributed by atoms with Gasteiger partial charge in [-0.25, -0.2) is 0 Å². The third-order valence-corrected chi connectivity index (χ3v) is 5.90. The van der Waals surface area contributed by atoms with Crippen molar-refractivity contribution in [3.8, 4) is 11.4 Å². The molecule has 4 rings (SSSR count). The Morgan fingerprint density at radius 3 is 2.59 bits per heavy atom. The predicted molar refractivity (Wildman–Crippen MR) is 127 cm³/mol. The lowest BCUT2D eigenvalue weighted by atomic mass is 10.1. The molecule has 1 saturated heterocycles. The minimum atomic E-state index is -0.455. The number of nitrogens with one attached hydrogen (secondary N) is 1. The van der Waals surface area contributed by atoms with Crippen LogP contribution in [0.5, 0.6) is 0 Å². The number of carbonyl (C=O) groups excluding carboxylic acids is 1. The van der Waals surface area contributed by atoms with Crippen molar-refractivity contribution in [2.45, 2.75) is 19.8 Å². The molecule has 1 aliphatic heterocycles. The van der Waals surface area contributed by atoms with Crippen LogP contribution >= 0.6 is 0 Å². The van der Waals surface area contributed by atoms with Crippen LogP contribution in [-0.4, -0.2) is 70.0 Å². The van der Waals surface area contributed by atoms with Crippen molar-refractivity contribution in [3.05, 3.63) is 70.1 Å². The molecule has 1 N–H and O–H groups in total. The summed E-state index contributed by atoms with van der Waals surface area (Å²) in [5.74, 6) is 1.18. The number of carbonyl (C=O) groups is 1. The SMILES string of the molecule is Cc1ccc(-c2noc(CCCN3CCN(C(=O)CNc4ccccc4[N+](=O)[O-])CC3)n2)cc1. The van der Waals surface area contributed by atoms with Gasteiger partial charge >= 0.3 is 0 Å². The fourth-order valence-corrected chi connectivity index (χ4v) is 3.92. The van der Waals surface area contributed by atoms with Crippen LogP contribution in [0.2, 0.25) is 0 Å². The standard InChI is InChI=1S/C24H28N6O4/c1-18-8-10-19(11-9-18)24-26-22(34-27-24)7-4-12-28-13-15-29(16-14-28)23(31)17-25-20-5-2-3-6-21(20)30(32)33/h2-3,5-6,8-11,25H,4,7,12-17H2,1H3. The molecule has 0 aliphatic carbocycles. The predicted octanol–water partition coefficient (Wildman–Crippen LogP) is 3.14. The second kappa shape index (κ2) is 10.9. The first kappa shape index (κ1) is 23.4. The molecule has 1 aliphatic rings. The number of nitro benzene ring substituents is 1. The second-order valence-corrected chi connectivity index (χ2v) is 8.33. The van der Waals surface area contributed by atoms with Gasteiger partial charge in [0.15, 0.2) is 0 Å². The van der Waals surface area contributed by atoms with E-state index in [4.69, 9.17) is 4.52 Å². The van der Waals surface area contributed by atoms with E-state index in [1.54, 1.807) is 23.1 Å². The zero-order valence-electron chi connectivity index (χ0n) is 19.1. The summed E-state index contributed by atoms with van der Waals surface area (Å²) in [5.41, 5.74) is 2.45. The summed E-state index contributed by atoms with van der Waals surface area (Å²) in [6.07, 6.45) is 1.60. The summed E-state index contributed by atoms with van der Waals surface area (Å²) in [6.45, 7) is 5.80. The van der Waals surface area contributed by atoms with Crippen LogP contribution < -0.4 is 5.32 Å². The number of para-hydroxylation sites is 2. The summed E-state index contributed by atoms with van der Waals surface area (Å²) in [7, 11) is 0. The molecule has 0 atom stereocenters. The number of benzene rings is 2. The molecule has 2 heterocycles. The molecule has 2 aromatic carbocycles. The number of nitro groups is 1. The van der Waals surface area contributed by atoms with Gasteiger partial charge in [-0.3, -0.25) is 19.8 Å². The van der Waals surface area contributed by atoms with E-state index >= 15 is 0 Å². The van der Waals surface area contributed by atoms with Crippen molar-refractivity contribution in [1.82, 2.24) is 19.9 Å². The number of aromatic nitrogens is 2. The largest absolute Gasteiger partial charge is 0.371 e. The number of rotatable bonds is 9. The van der Waals surface area contributed by atoms with Crippen LogP contribution in [0.3, 0.4) is 0 Å². The minimum Gasteiger partial charge on any atom is -0.371 e. The van der Waals surface area contributed by atoms with E-state index < -0.39 is 4.92 Å². The maximum Gasteiger partial charge on any atom is 0.292 e. The van der Waals surface area contributed by atoms with Crippen LogP contribution in [-0.2, 0) is 11.2 Å². The third-order valence-electron chi connectivity index (χ3n) is 5.90. The first-order valence-corrected chi connectivity index (χ1v) is 11.4. The quantitative estimate of drug-likeness (QED) is 0.379. The first-order valence-electron chi connectivity index (χ1n) is 11.4. The van der Waals surface area contributed by atoms with Crippen LogP contribution in [0.1, 0.15) is 17.9 Å². The number of nitrogens with zero attached hydrogens (tertiary/aromatic N) is 5. The van der Waals surface area contributed by atoms with Crippen molar-refractivity contribution >= 4 is 17.3 Å². The Labute approximate surface area is 197 Å². The number of amides is 1. The van der Waals surface area contributed by atoms with Gasteiger partial charge < -0.3 is 14.7 Å². The Morgan fingerprint density at radius 1 is 1.12 bits per heavy atom. The van der Waals surface area contributed by atoms with Crippen LogP contribution in [0.25, 0.3) is 11.4 Å². The van der Waals surface area contributed by atoms with Gasteiger partial charge in [-0.1, -0.05) is 47.1 Å². The molecular formula is C24H28N6O4. The lowest BCUT2D eigenvalue weighted by molar-refractivity contribution is -0.383. The molecule has 10 heteroatoms. The highest BCUT2D eigenvalue weighted by Crippen LogP contribution is 2.23. The lowest BCUT2D eigenvalue weighted by Gasteiger charge is -2.34. The normalized spacial score (nSPS) is 14.2. The van der Waals surface area contributed by atoms with Crippen molar-refractivity contribution in [1.29, 1.82) is 0 Å². The lowest BCUT2D eigenvalue weighted by Crippen LogP contribution is -2.50. The van der Waals surface area contributed by atoms with Gasteiger partial charge in [0.05, 0.1) is 11.5 Å². The molecule has 0 unspecified atom stereocenters. The molecule has 0 saturated carbocycles. The number of piperazine rings is 1. The molecule has 0 radical (unpaired) electrons. The zero-order chi connectivity index (χ0) is 23.9. The van der Waals surface area contributed by atoms with Gasteiger partial charge in [-0.05, 0) is 26.0 Å². The average molecular weight is 465 g/mol. The van der Waals surface area contributed by atoms with Crippen molar-refractivity contribution in [3.63, 3.8) is 0 Å². The molecule has 3 aromatic rings. The molecular weight excluding hydrogens is 436 g/mol. The van der Waals surface area contributed by atoms with E-state index in [2.05, 4.69) is 20.4 Å². The maximum atomic E-state index is 12.5. The van der Waals surface area contributed by atoms with Crippen molar-refractivity contribution in [2.24, 2.45) is 0 Å². The van der Waals surface area contributed by atoms with E-state index in [0.717, 1.165) is 31.6 Å². The highest BCUT2D eigenvalue weighted by Gasteiger charge is 2.22. The number of hydrogen-bond acceptors (Lipinski definition) is 8. The smallest absolute Gasteiger partial charge is 0.292 e. The Bertz CT molecular complexity index is 1120. The summed E-state index contributed by atoms with van der Waals surface area (Å²) in [4.78, 5) is 31.8. The minimum absolute atomic E-state index is 0.0331. The van der Waals surface area contributed by atoms with Crippen molar-refractivity contribution < 1.29 is 14.2 Å². The van der Waals surface area contributed by atoms with Crippen LogP contribution in [0.4, 0.5) is 11.4 Å². The number of aryl methyl sites for hydroxylation is 2. The third kappa shape index (κ3) is 5.96. The number of anilines is 1. The Balaban J connectivity index is 1.17. The Hall–Kier alpha value is -3.79. The molecule has 0 bridgehead atoms. The molecule has 0 spiro atoms. The molecule has 1 aromatic heterocycles. The van der Waals surface area contributed by atoms with Gasteiger partial charge in [0.25, 0.3) is 5.69 Å². The van der Waals surface area contributed by atoms with E-state index in [-0.39, 0.29) is 18.1 Å². The summed E-state index contributed by atoms with van der Waals surface area (Å²) >= 11 is 0. The molecule has 34 heavy (non-hydrogen) atoms. The monoisotopic (exact) mass is 464 g/mol. The highest BCUT2D eigenvalue weighted by molar-refractivity contribution is 5.82. The Morgan fingerprint density at radius 2 is 1.85 bits per heavy atom. The molecule has 1 amide bonds. The van der Waals surface area contributed by atoms with Gasteiger partial charge in [-0.15, -0.1) is 0 Å². The van der Waals surface area contributed by atoms with Gasteiger partial charge in [-0.2, -0.15) is 4.98 Å². The molecule has 178 valence electrons. The first-order chi connectivity index (χ1) is 16.5. The van der Waals surface area contributed by atoms with Gasteiger partial charge in [0.1, 0.15) is 5.69 Å². The molecule has 1 fully saturated rings.